The highest BCUT2D eigenvalue weighted by Crippen LogP contribution is 2.07. The maximum atomic E-state index is 11.6. The number of hydrogen-bond donors (Lipinski definition) is 2. The molecule has 0 saturated heterocycles. The van der Waals surface area contributed by atoms with E-state index >= 15 is 0 Å². The number of sulfonamides is 1. The number of nitrogens with two attached hydrogens (primary N) is 1. The molecular formula is C9H14N2O2S. The molecule has 78 valence electrons. The molecule has 0 bridgehead atoms. The lowest BCUT2D eigenvalue weighted by Gasteiger charge is -2.11. The molecule has 0 radical (unpaired) electrons. The van der Waals surface area contributed by atoms with Crippen molar-refractivity contribution < 1.29 is 8.42 Å². The Hall–Kier alpha value is -0.910. The zero-order valence-electron chi connectivity index (χ0n) is 7.97. The summed E-state index contributed by atoms with van der Waals surface area (Å²) in [5.41, 5.74) is 5.33. The highest BCUT2D eigenvalue weighted by Gasteiger charge is 2.15. The van der Waals surface area contributed by atoms with Crippen molar-refractivity contribution in [3.63, 3.8) is 0 Å². The Morgan fingerprint density at radius 3 is 2.43 bits per heavy atom. The fourth-order valence-electron chi connectivity index (χ4n) is 0.981. The van der Waals surface area contributed by atoms with Gasteiger partial charge in [-0.1, -0.05) is 18.2 Å². The average Bonchev–Trinajstić information content (AvgIpc) is 2.18. The molecular weight excluding hydrogens is 200 g/mol. The van der Waals surface area contributed by atoms with Gasteiger partial charge in [-0.2, -0.15) is 0 Å². The van der Waals surface area contributed by atoms with E-state index in [0.29, 0.717) is 0 Å². The summed E-state index contributed by atoms with van der Waals surface area (Å²) >= 11 is 0. The highest BCUT2D eigenvalue weighted by molar-refractivity contribution is 7.89. The van der Waals surface area contributed by atoms with Crippen molar-refractivity contribution >= 4 is 10.0 Å². The zero-order chi connectivity index (χ0) is 10.6. The molecule has 0 aliphatic carbocycles. The summed E-state index contributed by atoms with van der Waals surface area (Å²) in [6.45, 7) is 2.01. The normalized spacial score (nSPS) is 13.9. The van der Waals surface area contributed by atoms with Gasteiger partial charge in [0.2, 0.25) is 10.0 Å². The molecule has 1 atom stereocenters. The minimum Gasteiger partial charge on any atom is -0.329 e. The van der Waals surface area contributed by atoms with Gasteiger partial charge in [-0.05, 0) is 19.1 Å². The Labute approximate surface area is 84.2 Å². The van der Waals surface area contributed by atoms with Crippen molar-refractivity contribution in [3.8, 4) is 0 Å². The van der Waals surface area contributed by atoms with Gasteiger partial charge in [0.1, 0.15) is 0 Å². The Balaban J connectivity index is 2.87. The highest BCUT2D eigenvalue weighted by atomic mass is 32.2. The number of nitrogens with one attached hydrogen (secondary N) is 1. The van der Waals surface area contributed by atoms with Crippen LogP contribution in [0.25, 0.3) is 0 Å². The third-order valence-electron chi connectivity index (χ3n) is 1.76. The Bertz CT molecular complexity index is 375. The van der Waals surface area contributed by atoms with Crippen LogP contribution in [0.2, 0.25) is 0 Å². The van der Waals surface area contributed by atoms with Crippen molar-refractivity contribution in [2.24, 2.45) is 5.73 Å². The van der Waals surface area contributed by atoms with Gasteiger partial charge in [0.25, 0.3) is 0 Å². The van der Waals surface area contributed by atoms with Crippen molar-refractivity contribution in [2.75, 3.05) is 6.54 Å². The first-order chi connectivity index (χ1) is 6.56. The van der Waals surface area contributed by atoms with Crippen LogP contribution < -0.4 is 10.5 Å². The number of rotatable bonds is 4. The van der Waals surface area contributed by atoms with Crippen LogP contribution in [0.4, 0.5) is 0 Å². The summed E-state index contributed by atoms with van der Waals surface area (Å²) in [7, 11) is -3.40. The van der Waals surface area contributed by atoms with Crippen LogP contribution in [0.15, 0.2) is 35.2 Å². The van der Waals surface area contributed by atoms with Crippen molar-refractivity contribution in [1.82, 2.24) is 4.72 Å². The molecule has 0 saturated carbocycles. The maximum absolute atomic E-state index is 11.6. The smallest absolute Gasteiger partial charge is 0.240 e. The van der Waals surface area contributed by atoms with Crippen LogP contribution in [0, 0.1) is 0 Å². The molecule has 0 aromatic heterocycles. The summed E-state index contributed by atoms with van der Waals surface area (Å²) in [6.07, 6.45) is 0. The Kier molecular flexibility index (Phi) is 3.62. The van der Waals surface area contributed by atoms with Gasteiger partial charge in [0.05, 0.1) is 4.90 Å². The van der Waals surface area contributed by atoms with E-state index in [1.807, 2.05) is 0 Å². The van der Waals surface area contributed by atoms with E-state index in [0.717, 1.165) is 0 Å². The van der Waals surface area contributed by atoms with Gasteiger partial charge < -0.3 is 5.73 Å². The minimum absolute atomic E-state index is 0.250. The second-order valence-corrected chi connectivity index (χ2v) is 4.79. The number of benzene rings is 1. The third kappa shape index (κ3) is 2.80. The molecule has 1 aromatic carbocycles. The number of hydrogen-bond acceptors (Lipinski definition) is 3. The van der Waals surface area contributed by atoms with Crippen LogP contribution in [0.5, 0.6) is 0 Å². The van der Waals surface area contributed by atoms with Gasteiger partial charge in [-0.15, -0.1) is 0 Å². The second-order valence-electron chi connectivity index (χ2n) is 3.07. The van der Waals surface area contributed by atoms with E-state index in [9.17, 15) is 8.42 Å². The Morgan fingerprint density at radius 1 is 1.36 bits per heavy atom. The van der Waals surface area contributed by atoms with E-state index in [2.05, 4.69) is 4.72 Å². The first kappa shape index (κ1) is 11.2. The molecule has 0 aliphatic heterocycles. The maximum Gasteiger partial charge on any atom is 0.240 e. The molecule has 14 heavy (non-hydrogen) atoms. The lowest BCUT2D eigenvalue weighted by atomic mass is 10.4. The summed E-state index contributed by atoms with van der Waals surface area (Å²) in [4.78, 5) is 0.264. The van der Waals surface area contributed by atoms with Crippen LogP contribution >= 0.6 is 0 Å². The zero-order valence-corrected chi connectivity index (χ0v) is 8.79. The van der Waals surface area contributed by atoms with Crippen LogP contribution in [0.1, 0.15) is 6.92 Å². The summed E-state index contributed by atoms with van der Waals surface area (Å²) in [5.74, 6) is 0. The quantitative estimate of drug-likeness (QED) is 0.757. The van der Waals surface area contributed by atoms with E-state index < -0.39 is 10.0 Å². The predicted octanol–water partition coefficient (Wildman–Crippen LogP) is 0.312. The minimum atomic E-state index is -3.40. The lowest BCUT2D eigenvalue weighted by Crippen LogP contribution is -2.37. The summed E-state index contributed by atoms with van der Waals surface area (Å²) < 4.78 is 25.7. The molecule has 1 rings (SSSR count). The van der Waals surface area contributed by atoms with Gasteiger partial charge >= 0.3 is 0 Å². The second kappa shape index (κ2) is 4.54. The van der Waals surface area contributed by atoms with Crippen molar-refractivity contribution in [2.45, 2.75) is 17.9 Å². The predicted molar refractivity (Wildman–Crippen MR) is 55.3 cm³/mol. The van der Waals surface area contributed by atoms with Crippen LogP contribution in [-0.2, 0) is 10.0 Å². The SMILES string of the molecule is CC(CN)NS(=O)(=O)c1ccccc1. The van der Waals surface area contributed by atoms with Gasteiger partial charge in [-0.3, -0.25) is 0 Å². The molecule has 5 heteroatoms. The molecule has 1 aromatic rings. The first-order valence-electron chi connectivity index (χ1n) is 4.33. The third-order valence-corrected chi connectivity index (χ3v) is 3.37. The summed E-state index contributed by atoms with van der Waals surface area (Å²) in [6, 6.07) is 7.98. The summed E-state index contributed by atoms with van der Waals surface area (Å²) in [5, 5.41) is 0. The van der Waals surface area contributed by atoms with E-state index in [4.69, 9.17) is 5.73 Å². The van der Waals surface area contributed by atoms with Gasteiger partial charge in [-0.25, -0.2) is 13.1 Å². The topological polar surface area (TPSA) is 72.2 Å². The molecule has 3 N–H and O–H groups in total. The lowest BCUT2D eigenvalue weighted by molar-refractivity contribution is 0.562. The largest absolute Gasteiger partial charge is 0.329 e. The fraction of sp³-hybridized carbons (Fsp3) is 0.333. The molecule has 0 fully saturated rings. The standard InChI is InChI=1S/C9H14N2O2S/c1-8(7-10)11-14(12,13)9-5-3-2-4-6-9/h2-6,8,11H,7,10H2,1H3. The molecule has 0 amide bonds. The fourth-order valence-corrected chi connectivity index (χ4v) is 2.26. The molecule has 0 aliphatic rings. The van der Waals surface area contributed by atoms with E-state index in [1.165, 1.54) is 0 Å². The molecule has 0 heterocycles. The van der Waals surface area contributed by atoms with E-state index in [-0.39, 0.29) is 17.5 Å². The van der Waals surface area contributed by atoms with Crippen LogP contribution in [-0.4, -0.2) is 21.0 Å². The van der Waals surface area contributed by atoms with Gasteiger partial charge in [0.15, 0.2) is 0 Å². The first-order valence-corrected chi connectivity index (χ1v) is 5.82. The average molecular weight is 214 g/mol. The van der Waals surface area contributed by atoms with Crippen molar-refractivity contribution in [1.29, 1.82) is 0 Å². The molecule has 1 unspecified atom stereocenters. The van der Waals surface area contributed by atoms with Gasteiger partial charge in [0, 0.05) is 12.6 Å². The molecule has 4 nitrogen and oxygen atoms in total. The van der Waals surface area contributed by atoms with Crippen LogP contribution in [0.3, 0.4) is 0 Å². The van der Waals surface area contributed by atoms with E-state index in [1.54, 1.807) is 37.3 Å². The Morgan fingerprint density at radius 2 is 1.93 bits per heavy atom. The van der Waals surface area contributed by atoms with Crippen molar-refractivity contribution in [3.05, 3.63) is 30.3 Å². The monoisotopic (exact) mass is 214 g/mol. The molecule has 0 spiro atoms.